The Morgan fingerprint density at radius 1 is 1.23 bits per heavy atom. The highest BCUT2D eigenvalue weighted by atomic mass is 35.5. The van der Waals surface area contributed by atoms with E-state index < -0.39 is 0 Å². The summed E-state index contributed by atoms with van der Waals surface area (Å²) in [6.07, 6.45) is 2.68. The molecule has 0 fully saturated rings. The van der Waals surface area contributed by atoms with E-state index in [9.17, 15) is 4.79 Å². The third-order valence-corrected chi connectivity index (χ3v) is 5.84. The van der Waals surface area contributed by atoms with Crippen LogP contribution in [0.25, 0.3) is 0 Å². The van der Waals surface area contributed by atoms with E-state index in [0.29, 0.717) is 33.8 Å². The second-order valence-corrected chi connectivity index (χ2v) is 7.80. The first-order chi connectivity index (χ1) is 14.5. The van der Waals surface area contributed by atoms with E-state index in [2.05, 4.69) is 26.1 Å². The van der Waals surface area contributed by atoms with Crippen molar-refractivity contribution >= 4 is 35.0 Å². The SMILES string of the molecule is CCn1c(Cc2cccn2C)nnc1SCC(=O)Nc1cc(OC)c(Cl)cc1OC. The highest BCUT2D eigenvalue weighted by molar-refractivity contribution is 7.99. The molecule has 0 radical (unpaired) electrons. The topological polar surface area (TPSA) is 83.2 Å². The maximum Gasteiger partial charge on any atom is 0.234 e. The summed E-state index contributed by atoms with van der Waals surface area (Å²) in [5.74, 6) is 1.76. The minimum atomic E-state index is -0.197. The Balaban J connectivity index is 1.67. The van der Waals surface area contributed by atoms with Crippen LogP contribution in [0.2, 0.25) is 5.02 Å². The molecule has 8 nitrogen and oxygen atoms in total. The van der Waals surface area contributed by atoms with E-state index in [-0.39, 0.29) is 11.7 Å². The molecule has 0 bridgehead atoms. The zero-order chi connectivity index (χ0) is 21.7. The third-order valence-electron chi connectivity index (χ3n) is 4.58. The number of thioether (sulfide) groups is 1. The summed E-state index contributed by atoms with van der Waals surface area (Å²) in [7, 11) is 5.03. The Morgan fingerprint density at radius 3 is 2.63 bits per heavy atom. The van der Waals surface area contributed by atoms with E-state index in [4.69, 9.17) is 21.1 Å². The minimum Gasteiger partial charge on any atom is -0.495 e. The Bertz CT molecular complexity index is 1030. The van der Waals surface area contributed by atoms with Crippen LogP contribution in [0.3, 0.4) is 0 Å². The van der Waals surface area contributed by atoms with Crippen molar-refractivity contribution in [3.05, 3.63) is 47.0 Å². The molecule has 1 N–H and O–H groups in total. The Morgan fingerprint density at radius 2 is 2.00 bits per heavy atom. The maximum absolute atomic E-state index is 12.5. The van der Waals surface area contributed by atoms with Crippen molar-refractivity contribution < 1.29 is 14.3 Å². The Kier molecular flexibility index (Phi) is 7.28. The van der Waals surface area contributed by atoms with Crippen LogP contribution in [0.4, 0.5) is 5.69 Å². The molecular weight excluding hydrogens is 426 g/mol. The van der Waals surface area contributed by atoms with Gasteiger partial charge < -0.3 is 23.9 Å². The van der Waals surface area contributed by atoms with Crippen LogP contribution >= 0.6 is 23.4 Å². The number of nitrogens with zero attached hydrogens (tertiary/aromatic N) is 4. The minimum absolute atomic E-state index is 0.177. The van der Waals surface area contributed by atoms with Crippen LogP contribution in [0.5, 0.6) is 11.5 Å². The van der Waals surface area contributed by atoms with Crippen molar-refractivity contribution in [3.63, 3.8) is 0 Å². The van der Waals surface area contributed by atoms with Gasteiger partial charge in [0.25, 0.3) is 0 Å². The van der Waals surface area contributed by atoms with Gasteiger partial charge in [-0.2, -0.15) is 0 Å². The van der Waals surface area contributed by atoms with Crippen molar-refractivity contribution in [2.24, 2.45) is 7.05 Å². The lowest BCUT2D eigenvalue weighted by Gasteiger charge is -2.13. The van der Waals surface area contributed by atoms with Gasteiger partial charge in [0.2, 0.25) is 5.91 Å². The Labute approximate surface area is 184 Å². The zero-order valence-electron chi connectivity index (χ0n) is 17.3. The molecule has 3 rings (SSSR count). The van der Waals surface area contributed by atoms with Gasteiger partial charge in [0.15, 0.2) is 5.16 Å². The van der Waals surface area contributed by atoms with E-state index >= 15 is 0 Å². The van der Waals surface area contributed by atoms with Gasteiger partial charge in [0.1, 0.15) is 17.3 Å². The average molecular weight is 450 g/mol. The molecule has 0 saturated heterocycles. The number of ether oxygens (including phenoxy) is 2. The van der Waals surface area contributed by atoms with Crippen LogP contribution < -0.4 is 14.8 Å². The molecule has 3 aromatic rings. The number of halogens is 1. The van der Waals surface area contributed by atoms with Gasteiger partial charge >= 0.3 is 0 Å². The average Bonchev–Trinajstić information content (AvgIpc) is 3.33. The fraction of sp³-hybridized carbons (Fsp3) is 0.350. The third kappa shape index (κ3) is 4.91. The number of hydrogen-bond acceptors (Lipinski definition) is 6. The largest absolute Gasteiger partial charge is 0.495 e. The summed E-state index contributed by atoms with van der Waals surface area (Å²) in [4.78, 5) is 12.5. The number of nitrogens with one attached hydrogen (secondary N) is 1. The lowest BCUT2D eigenvalue weighted by Crippen LogP contribution is -2.15. The van der Waals surface area contributed by atoms with Gasteiger partial charge in [-0.15, -0.1) is 10.2 Å². The number of aromatic nitrogens is 4. The molecule has 2 aromatic heterocycles. The maximum atomic E-state index is 12.5. The molecule has 0 aliphatic carbocycles. The predicted molar refractivity (Wildman–Crippen MR) is 118 cm³/mol. The number of rotatable bonds is 9. The van der Waals surface area contributed by atoms with Gasteiger partial charge in [-0.3, -0.25) is 4.79 Å². The first kappa shape index (κ1) is 22.0. The fourth-order valence-electron chi connectivity index (χ4n) is 2.99. The van der Waals surface area contributed by atoms with Crippen molar-refractivity contribution in [2.45, 2.75) is 25.0 Å². The number of carbonyl (C=O) groups is 1. The van der Waals surface area contributed by atoms with E-state index in [1.165, 1.54) is 26.0 Å². The number of aryl methyl sites for hydroxylation is 1. The number of hydrogen-bond donors (Lipinski definition) is 1. The second kappa shape index (κ2) is 9.90. The molecule has 10 heteroatoms. The molecule has 1 amide bonds. The lowest BCUT2D eigenvalue weighted by atomic mass is 10.2. The number of benzene rings is 1. The van der Waals surface area contributed by atoms with Crippen LogP contribution in [0, 0.1) is 0 Å². The number of methoxy groups -OCH3 is 2. The van der Waals surface area contributed by atoms with Crippen LogP contribution in [-0.4, -0.2) is 45.2 Å². The number of amides is 1. The molecule has 0 aliphatic heterocycles. The second-order valence-electron chi connectivity index (χ2n) is 6.45. The molecule has 0 spiro atoms. The van der Waals surface area contributed by atoms with Crippen molar-refractivity contribution in [3.8, 4) is 11.5 Å². The van der Waals surface area contributed by atoms with Crippen LogP contribution in [-0.2, 0) is 24.8 Å². The first-order valence-electron chi connectivity index (χ1n) is 9.33. The molecule has 0 saturated carbocycles. The number of anilines is 1. The highest BCUT2D eigenvalue weighted by Gasteiger charge is 2.16. The van der Waals surface area contributed by atoms with Gasteiger partial charge in [-0.1, -0.05) is 23.4 Å². The monoisotopic (exact) mass is 449 g/mol. The molecule has 2 heterocycles. The molecular formula is C20H24ClN5O3S. The normalized spacial score (nSPS) is 10.8. The summed E-state index contributed by atoms with van der Waals surface area (Å²) in [5.41, 5.74) is 1.64. The van der Waals surface area contributed by atoms with Gasteiger partial charge in [0, 0.05) is 44.0 Å². The van der Waals surface area contributed by atoms with Gasteiger partial charge in [-0.25, -0.2) is 0 Å². The summed E-state index contributed by atoms with van der Waals surface area (Å²) in [6, 6.07) is 7.30. The van der Waals surface area contributed by atoms with Crippen LogP contribution in [0.1, 0.15) is 18.4 Å². The summed E-state index contributed by atoms with van der Waals surface area (Å²) in [6.45, 7) is 2.76. The number of carbonyl (C=O) groups excluding carboxylic acids is 1. The van der Waals surface area contributed by atoms with Gasteiger partial charge in [0.05, 0.1) is 30.7 Å². The molecule has 0 aliphatic rings. The van der Waals surface area contributed by atoms with Crippen LogP contribution in [0.15, 0.2) is 35.6 Å². The summed E-state index contributed by atoms with van der Waals surface area (Å²) < 4.78 is 14.6. The van der Waals surface area contributed by atoms with E-state index in [0.717, 1.165) is 18.1 Å². The molecule has 30 heavy (non-hydrogen) atoms. The first-order valence-corrected chi connectivity index (χ1v) is 10.7. The lowest BCUT2D eigenvalue weighted by molar-refractivity contribution is -0.113. The zero-order valence-corrected chi connectivity index (χ0v) is 18.9. The predicted octanol–water partition coefficient (Wildman–Crippen LogP) is 3.63. The fourth-order valence-corrected chi connectivity index (χ4v) is 4.04. The molecule has 0 unspecified atom stereocenters. The standard InChI is InChI=1S/C20H24ClN5O3S/c1-5-26-18(9-13-7-6-8-25(13)2)23-24-20(26)30-12-19(27)22-15-11-16(28-3)14(21)10-17(15)29-4/h6-8,10-11H,5,9,12H2,1-4H3,(H,22,27). The van der Waals surface area contributed by atoms with Crippen molar-refractivity contribution in [1.82, 2.24) is 19.3 Å². The molecule has 160 valence electrons. The smallest absolute Gasteiger partial charge is 0.234 e. The summed E-state index contributed by atoms with van der Waals surface area (Å²) in [5, 5.41) is 12.5. The quantitative estimate of drug-likeness (QED) is 0.502. The van der Waals surface area contributed by atoms with E-state index in [1.807, 2.05) is 30.8 Å². The molecule has 0 atom stereocenters. The van der Waals surface area contributed by atoms with Crippen molar-refractivity contribution in [1.29, 1.82) is 0 Å². The highest BCUT2D eigenvalue weighted by Crippen LogP contribution is 2.36. The van der Waals surface area contributed by atoms with Gasteiger partial charge in [-0.05, 0) is 19.1 Å². The van der Waals surface area contributed by atoms with E-state index in [1.54, 1.807) is 12.1 Å². The molecule has 1 aromatic carbocycles. The Hall–Kier alpha value is -2.65. The van der Waals surface area contributed by atoms with Crippen molar-refractivity contribution in [2.75, 3.05) is 25.3 Å². The summed E-state index contributed by atoms with van der Waals surface area (Å²) >= 11 is 7.45.